The van der Waals surface area contributed by atoms with Gasteiger partial charge in [0, 0.05) is 6.20 Å². The highest BCUT2D eigenvalue weighted by atomic mass is 32.2. The molecule has 0 fully saturated rings. The number of nitrogens with two attached hydrogens (primary N) is 1. The summed E-state index contributed by atoms with van der Waals surface area (Å²) < 4.78 is 22.4. The van der Waals surface area contributed by atoms with E-state index in [4.69, 9.17) is 5.14 Å². The Balaban J connectivity index is 2.62. The molecule has 0 aliphatic rings. The van der Waals surface area contributed by atoms with E-state index in [-0.39, 0.29) is 10.8 Å². The third-order valence-electron chi connectivity index (χ3n) is 2.45. The fraction of sp³-hybridized carbons (Fsp3) is 0.273. The maximum atomic E-state index is 11.2. The minimum atomic E-state index is -3.69. The van der Waals surface area contributed by atoms with Gasteiger partial charge in [-0.25, -0.2) is 18.5 Å². The van der Waals surface area contributed by atoms with Gasteiger partial charge in [-0.05, 0) is 24.1 Å². The molecule has 17 heavy (non-hydrogen) atoms. The van der Waals surface area contributed by atoms with Crippen LogP contribution in [-0.4, -0.2) is 18.4 Å². The molecule has 0 saturated carbocycles. The number of hydrogen-bond acceptors (Lipinski definition) is 4. The highest BCUT2D eigenvalue weighted by Gasteiger charge is 2.10. The smallest absolute Gasteiger partial charge is 0.238 e. The van der Waals surface area contributed by atoms with Crippen molar-refractivity contribution in [1.29, 1.82) is 0 Å². The van der Waals surface area contributed by atoms with Crippen molar-refractivity contribution in [3.8, 4) is 0 Å². The van der Waals surface area contributed by atoms with E-state index in [1.165, 1.54) is 12.1 Å². The zero-order chi connectivity index (χ0) is 12.6. The maximum Gasteiger partial charge on any atom is 0.238 e. The van der Waals surface area contributed by atoms with Crippen LogP contribution in [0, 0.1) is 0 Å². The third kappa shape index (κ3) is 2.42. The van der Waals surface area contributed by atoms with Crippen LogP contribution in [0.5, 0.6) is 0 Å². The Morgan fingerprint density at radius 3 is 2.53 bits per heavy atom. The summed E-state index contributed by atoms with van der Waals surface area (Å²) in [6, 6.07) is 4.49. The summed E-state index contributed by atoms with van der Waals surface area (Å²) in [6.07, 6.45) is 1.65. The summed E-state index contributed by atoms with van der Waals surface area (Å²) in [4.78, 5) is 8.65. The van der Waals surface area contributed by atoms with E-state index in [0.717, 1.165) is 5.69 Å². The topological polar surface area (TPSA) is 85.9 Å². The van der Waals surface area contributed by atoms with E-state index in [0.29, 0.717) is 11.0 Å². The number of rotatable bonds is 2. The number of sulfonamides is 1. The van der Waals surface area contributed by atoms with Crippen LogP contribution < -0.4 is 5.14 Å². The summed E-state index contributed by atoms with van der Waals surface area (Å²) in [7, 11) is -3.69. The van der Waals surface area contributed by atoms with Crippen LogP contribution in [0.1, 0.15) is 25.5 Å². The first-order valence-corrected chi connectivity index (χ1v) is 6.72. The zero-order valence-corrected chi connectivity index (χ0v) is 10.4. The molecule has 2 aromatic rings. The van der Waals surface area contributed by atoms with Crippen LogP contribution in [0.4, 0.5) is 0 Å². The van der Waals surface area contributed by atoms with Gasteiger partial charge in [0.1, 0.15) is 0 Å². The van der Waals surface area contributed by atoms with Gasteiger partial charge in [0.2, 0.25) is 10.0 Å². The molecule has 1 aromatic carbocycles. The van der Waals surface area contributed by atoms with Crippen molar-refractivity contribution in [3.63, 3.8) is 0 Å². The lowest BCUT2D eigenvalue weighted by Gasteiger charge is -2.05. The van der Waals surface area contributed by atoms with Crippen molar-refractivity contribution in [1.82, 2.24) is 9.97 Å². The summed E-state index contributed by atoms with van der Waals surface area (Å²) in [5.41, 5.74) is 2.07. The van der Waals surface area contributed by atoms with Gasteiger partial charge in [0.15, 0.2) is 0 Å². The van der Waals surface area contributed by atoms with Crippen molar-refractivity contribution in [2.75, 3.05) is 0 Å². The molecule has 1 heterocycles. The Kier molecular flexibility index (Phi) is 2.84. The number of hydrogen-bond donors (Lipinski definition) is 1. The second-order valence-corrected chi connectivity index (χ2v) is 5.71. The van der Waals surface area contributed by atoms with Crippen LogP contribution in [0.15, 0.2) is 29.3 Å². The Bertz CT molecular complexity index is 665. The van der Waals surface area contributed by atoms with Crippen molar-refractivity contribution >= 4 is 21.1 Å². The standard InChI is InChI=1S/C11H13N3O2S/c1-7(2)11-6-13-10-5-8(17(12,15)16)3-4-9(10)14-11/h3-7H,1-2H3,(H2,12,15,16). The molecule has 0 unspecified atom stereocenters. The molecular formula is C11H13N3O2S. The zero-order valence-electron chi connectivity index (χ0n) is 9.58. The van der Waals surface area contributed by atoms with E-state index < -0.39 is 10.0 Å². The van der Waals surface area contributed by atoms with E-state index in [2.05, 4.69) is 9.97 Å². The van der Waals surface area contributed by atoms with Gasteiger partial charge >= 0.3 is 0 Å². The first-order chi connectivity index (χ1) is 7.88. The fourth-order valence-electron chi connectivity index (χ4n) is 1.46. The number of fused-ring (bicyclic) bond motifs is 1. The number of nitrogens with zero attached hydrogens (tertiary/aromatic N) is 2. The molecule has 2 N–H and O–H groups in total. The normalized spacial score (nSPS) is 12.2. The molecular weight excluding hydrogens is 238 g/mol. The fourth-order valence-corrected chi connectivity index (χ4v) is 1.99. The molecule has 0 aliphatic heterocycles. The van der Waals surface area contributed by atoms with Gasteiger partial charge in [0.05, 0.1) is 21.6 Å². The summed E-state index contributed by atoms with van der Waals surface area (Å²) >= 11 is 0. The van der Waals surface area contributed by atoms with Crippen molar-refractivity contribution in [2.45, 2.75) is 24.7 Å². The molecule has 1 aromatic heterocycles. The van der Waals surface area contributed by atoms with E-state index in [1.54, 1.807) is 12.3 Å². The summed E-state index contributed by atoms with van der Waals surface area (Å²) in [6.45, 7) is 4.04. The SMILES string of the molecule is CC(C)c1cnc2cc(S(N)(=O)=O)ccc2n1. The summed E-state index contributed by atoms with van der Waals surface area (Å²) in [5.74, 6) is 0.282. The Morgan fingerprint density at radius 1 is 1.24 bits per heavy atom. The highest BCUT2D eigenvalue weighted by Crippen LogP contribution is 2.18. The van der Waals surface area contributed by atoms with Crippen LogP contribution in [0.25, 0.3) is 11.0 Å². The molecule has 5 nitrogen and oxygen atoms in total. The second kappa shape index (κ2) is 4.05. The second-order valence-electron chi connectivity index (χ2n) is 4.15. The molecule has 6 heteroatoms. The molecule has 0 atom stereocenters. The van der Waals surface area contributed by atoms with Crippen LogP contribution in [-0.2, 0) is 10.0 Å². The van der Waals surface area contributed by atoms with Gasteiger partial charge in [-0.3, -0.25) is 4.98 Å². The Hall–Kier alpha value is -1.53. The minimum absolute atomic E-state index is 0.0524. The van der Waals surface area contributed by atoms with Gasteiger partial charge in [0.25, 0.3) is 0 Å². The molecule has 0 saturated heterocycles. The molecule has 2 rings (SSSR count). The molecule has 0 radical (unpaired) electrons. The largest absolute Gasteiger partial charge is 0.253 e. The molecule has 0 bridgehead atoms. The van der Waals surface area contributed by atoms with Crippen molar-refractivity contribution in [2.24, 2.45) is 5.14 Å². The molecule has 0 aliphatic carbocycles. The third-order valence-corrected chi connectivity index (χ3v) is 3.36. The van der Waals surface area contributed by atoms with Crippen LogP contribution in [0.3, 0.4) is 0 Å². The van der Waals surface area contributed by atoms with Gasteiger partial charge in [-0.15, -0.1) is 0 Å². The van der Waals surface area contributed by atoms with Gasteiger partial charge < -0.3 is 0 Å². The predicted molar refractivity (Wildman–Crippen MR) is 65.0 cm³/mol. The average molecular weight is 251 g/mol. The molecule has 0 spiro atoms. The predicted octanol–water partition coefficient (Wildman–Crippen LogP) is 1.40. The monoisotopic (exact) mass is 251 g/mol. The van der Waals surface area contributed by atoms with Crippen LogP contribution in [0.2, 0.25) is 0 Å². The first-order valence-electron chi connectivity index (χ1n) is 5.17. The number of benzene rings is 1. The van der Waals surface area contributed by atoms with Crippen LogP contribution >= 0.6 is 0 Å². The minimum Gasteiger partial charge on any atom is -0.253 e. The van der Waals surface area contributed by atoms with Crippen molar-refractivity contribution in [3.05, 3.63) is 30.1 Å². The molecule has 90 valence electrons. The van der Waals surface area contributed by atoms with Gasteiger partial charge in [-0.1, -0.05) is 13.8 Å². The summed E-state index contributed by atoms with van der Waals surface area (Å²) in [5, 5.41) is 5.05. The quantitative estimate of drug-likeness (QED) is 0.874. The average Bonchev–Trinajstić information content (AvgIpc) is 2.26. The lowest BCUT2D eigenvalue weighted by atomic mass is 10.1. The first kappa shape index (κ1) is 11.9. The Labute approximate surface area is 99.7 Å². The van der Waals surface area contributed by atoms with E-state index in [9.17, 15) is 8.42 Å². The van der Waals surface area contributed by atoms with E-state index >= 15 is 0 Å². The number of aromatic nitrogens is 2. The lowest BCUT2D eigenvalue weighted by molar-refractivity contribution is 0.598. The lowest BCUT2D eigenvalue weighted by Crippen LogP contribution is -2.12. The van der Waals surface area contributed by atoms with Gasteiger partial charge in [-0.2, -0.15) is 0 Å². The maximum absolute atomic E-state index is 11.2. The van der Waals surface area contributed by atoms with E-state index in [1.807, 2.05) is 13.8 Å². The number of primary sulfonamides is 1. The molecule has 0 amide bonds. The Morgan fingerprint density at radius 2 is 1.94 bits per heavy atom. The highest BCUT2D eigenvalue weighted by molar-refractivity contribution is 7.89. The van der Waals surface area contributed by atoms with Crippen molar-refractivity contribution < 1.29 is 8.42 Å².